The van der Waals surface area contributed by atoms with E-state index in [1.165, 1.54) is 43.4 Å². The normalized spacial score (nSPS) is 26.9. The van der Waals surface area contributed by atoms with Gasteiger partial charge in [-0.05, 0) is 75.4 Å². The molecule has 3 atom stereocenters. The molecule has 1 nitrogen and oxygen atoms in total. The zero-order chi connectivity index (χ0) is 14.5. The minimum absolute atomic E-state index is 0.838. The van der Waals surface area contributed by atoms with Gasteiger partial charge in [-0.25, -0.2) is 0 Å². The van der Waals surface area contributed by atoms with Crippen LogP contribution in [-0.2, 0) is 6.42 Å². The van der Waals surface area contributed by atoms with E-state index in [0.29, 0.717) is 0 Å². The van der Waals surface area contributed by atoms with Crippen LogP contribution >= 0.6 is 0 Å². The molecule has 1 saturated carbocycles. The van der Waals surface area contributed by atoms with Gasteiger partial charge in [-0.15, -0.1) is 0 Å². The number of aryl methyl sites for hydroxylation is 1. The minimum Gasteiger partial charge on any atom is -0.319 e. The van der Waals surface area contributed by atoms with Crippen LogP contribution in [0.4, 0.5) is 0 Å². The van der Waals surface area contributed by atoms with Gasteiger partial charge >= 0.3 is 0 Å². The fourth-order valence-corrected chi connectivity index (χ4v) is 3.89. The molecule has 1 fully saturated rings. The summed E-state index contributed by atoms with van der Waals surface area (Å²) in [6, 6.07) is 9.09. The Morgan fingerprint density at radius 3 is 2.65 bits per heavy atom. The van der Waals surface area contributed by atoms with Gasteiger partial charge in [0.1, 0.15) is 0 Å². The fourth-order valence-electron chi connectivity index (χ4n) is 3.89. The number of hydrogen-bond acceptors (Lipinski definition) is 1. The SMILES string of the molecule is CNCC1CCC(C(C)C)CC1Cc1cccc(C)c1. The number of benzene rings is 1. The van der Waals surface area contributed by atoms with Crippen molar-refractivity contribution in [2.75, 3.05) is 13.6 Å². The summed E-state index contributed by atoms with van der Waals surface area (Å²) in [6.07, 6.45) is 5.50. The first-order valence-electron chi connectivity index (χ1n) is 8.30. The van der Waals surface area contributed by atoms with Gasteiger partial charge in [0.15, 0.2) is 0 Å². The number of hydrogen-bond donors (Lipinski definition) is 1. The van der Waals surface area contributed by atoms with Crippen molar-refractivity contribution in [3.05, 3.63) is 35.4 Å². The first-order valence-corrected chi connectivity index (χ1v) is 8.30. The second-order valence-electron chi connectivity index (χ2n) is 7.09. The summed E-state index contributed by atoms with van der Waals surface area (Å²) in [5, 5.41) is 3.41. The third kappa shape index (κ3) is 4.09. The molecule has 0 radical (unpaired) electrons. The Balaban J connectivity index is 2.06. The highest BCUT2D eigenvalue weighted by molar-refractivity contribution is 5.22. The van der Waals surface area contributed by atoms with Crippen LogP contribution in [0.2, 0.25) is 0 Å². The van der Waals surface area contributed by atoms with Gasteiger partial charge < -0.3 is 5.32 Å². The van der Waals surface area contributed by atoms with Crippen LogP contribution in [-0.4, -0.2) is 13.6 Å². The largest absolute Gasteiger partial charge is 0.319 e. The molecular weight excluding hydrogens is 242 g/mol. The molecule has 1 aliphatic carbocycles. The third-order valence-corrected chi connectivity index (χ3v) is 5.17. The average Bonchev–Trinajstić information content (AvgIpc) is 2.41. The zero-order valence-corrected chi connectivity index (χ0v) is 13.7. The van der Waals surface area contributed by atoms with E-state index in [1.54, 1.807) is 0 Å². The standard InChI is InChI=1S/C19H31N/c1-14(2)17-8-9-18(13-20-4)19(12-17)11-16-7-5-6-15(3)10-16/h5-7,10,14,17-20H,8-9,11-13H2,1-4H3. The zero-order valence-electron chi connectivity index (χ0n) is 13.7. The van der Waals surface area contributed by atoms with Crippen LogP contribution in [0.25, 0.3) is 0 Å². The summed E-state index contributed by atoms with van der Waals surface area (Å²) in [6.45, 7) is 8.17. The lowest BCUT2D eigenvalue weighted by molar-refractivity contribution is 0.146. The lowest BCUT2D eigenvalue weighted by atomic mass is 9.68. The summed E-state index contributed by atoms with van der Waals surface area (Å²) in [7, 11) is 2.10. The molecule has 2 rings (SSSR count). The van der Waals surface area contributed by atoms with Crippen LogP contribution in [0.5, 0.6) is 0 Å². The molecule has 1 aliphatic rings. The Bertz CT molecular complexity index is 410. The molecule has 0 heterocycles. The first-order chi connectivity index (χ1) is 9.60. The highest BCUT2D eigenvalue weighted by Gasteiger charge is 2.31. The average molecular weight is 273 g/mol. The maximum Gasteiger partial charge on any atom is -0.00208 e. The predicted molar refractivity (Wildman–Crippen MR) is 88.0 cm³/mol. The summed E-state index contributed by atoms with van der Waals surface area (Å²) >= 11 is 0. The van der Waals surface area contributed by atoms with Crippen LogP contribution in [0, 0.1) is 30.6 Å². The molecule has 20 heavy (non-hydrogen) atoms. The van der Waals surface area contributed by atoms with Crippen LogP contribution in [0.1, 0.15) is 44.2 Å². The molecular formula is C19H31N. The lowest BCUT2D eigenvalue weighted by Crippen LogP contribution is -2.34. The summed E-state index contributed by atoms with van der Waals surface area (Å²) in [4.78, 5) is 0. The Morgan fingerprint density at radius 1 is 1.20 bits per heavy atom. The molecule has 0 aliphatic heterocycles. The van der Waals surface area contributed by atoms with E-state index in [2.05, 4.69) is 57.4 Å². The topological polar surface area (TPSA) is 12.0 Å². The Morgan fingerprint density at radius 2 is 2.00 bits per heavy atom. The van der Waals surface area contributed by atoms with E-state index in [0.717, 1.165) is 23.7 Å². The molecule has 0 bridgehead atoms. The molecule has 0 saturated heterocycles. The molecule has 3 unspecified atom stereocenters. The minimum atomic E-state index is 0.838. The van der Waals surface area contributed by atoms with Gasteiger partial charge in [-0.3, -0.25) is 0 Å². The van der Waals surface area contributed by atoms with E-state index >= 15 is 0 Å². The second kappa shape index (κ2) is 7.26. The molecule has 0 amide bonds. The van der Waals surface area contributed by atoms with E-state index < -0.39 is 0 Å². The van der Waals surface area contributed by atoms with Crippen molar-refractivity contribution in [1.82, 2.24) is 5.32 Å². The molecule has 112 valence electrons. The van der Waals surface area contributed by atoms with Crippen molar-refractivity contribution < 1.29 is 0 Å². The monoisotopic (exact) mass is 273 g/mol. The van der Waals surface area contributed by atoms with E-state index in [4.69, 9.17) is 0 Å². The van der Waals surface area contributed by atoms with Gasteiger partial charge in [0.25, 0.3) is 0 Å². The first kappa shape index (κ1) is 15.6. The summed E-state index contributed by atoms with van der Waals surface area (Å²) in [5.41, 5.74) is 2.92. The molecule has 1 aromatic rings. The predicted octanol–water partition coefficient (Wildman–Crippen LogP) is 4.45. The van der Waals surface area contributed by atoms with Crippen molar-refractivity contribution in [2.45, 2.75) is 46.5 Å². The van der Waals surface area contributed by atoms with Crippen LogP contribution < -0.4 is 5.32 Å². The quantitative estimate of drug-likeness (QED) is 0.836. The van der Waals surface area contributed by atoms with E-state index in [9.17, 15) is 0 Å². The van der Waals surface area contributed by atoms with Crippen LogP contribution in [0.15, 0.2) is 24.3 Å². The van der Waals surface area contributed by atoms with Crippen molar-refractivity contribution in [3.63, 3.8) is 0 Å². The van der Waals surface area contributed by atoms with Gasteiger partial charge in [0, 0.05) is 0 Å². The van der Waals surface area contributed by atoms with Gasteiger partial charge in [-0.1, -0.05) is 43.7 Å². The third-order valence-electron chi connectivity index (χ3n) is 5.17. The number of nitrogens with one attached hydrogen (secondary N) is 1. The summed E-state index contributed by atoms with van der Waals surface area (Å²) in [5.74, 6) is 3.48. The molecule has 0 aromatic heterocycles. The van der Waals surface area contributed by atoms with Crippen molar-refractivity contribution in [2.24, 2.45) is 23.7 Å². The number of rotatable bonds is 5. The molecule has 1 heteroatoms. The Labute approximate surface area is 125 Å². The maximum atomic E-state index is 3.41. The van der Waals surface area contributed by atoms with Crippen molar-refractivity contribution in [3.8, 4) is 0 Å². The maximum absolute atomic E-state index is 3.41. The van der Waals surface area contributed by atoms with Crippen molar-refractivity contribution in [1.29, 1.82) is 0 Å². The van der Waals surface area contributed by atoms with Gasteiger partial charge in [-0.2, -0.15) is 0 Å². The Hall–Kier alpha value is -0.820. The second-order valence-corrected chi connectivity index (χ2v) is 7.09. The fraction of sp³-hybridized carbons (Fsp3) is 0.684. The van der Waals surface area contributed by atoms with Crippen molar-refractivity contribution >= 4 is 0 Å². The molecule has 1 aromatic carbocycles. The van der Waals surface area contributed by atoms with E-state index in [1.807, 2.05) is 0 Å². The Kier molecular flexibility index (Phi) is 5.65. The smallest absolute Gasteiger partial charge is 0.00208 e. The lowest BCUT2D eigenvalue weighted by Gasteiger charge is -2.38. The van der Waals surface area contributed by atoms with Gasteiger partial charge in [0.2, 0.25) is 0 Å². The highest BCUT2D eigenvalue weighted by atomic mass is 14.8. The summed E-state index contributed by atoms with van der Waals surface area (Å²) < 4.78 is 0. The molecule has 1 N–H and O–H groups in total. The molecule has 0 spiro atoms. The highest BCUT2D eigenvalue weighted by Crippen LogP contribution is 2.39. The van der Waals surface area contributed by atoms with Crippen LogP contribution in [0.3, 0.4) is 0 Å². The van der Waals surface area contributed by atoms with E-state index in [-0.39, 0.29) is 0 Å². The van der Waals surface area contributed by atoms with Gasteiger partial charge in [0.05, 0.1) is 0 Å².